The lowest BCUT2D eigenvalue weighted by Gasteiger charge is -2.31. The molecule has 3 amide bonds. The van der Waals surface area contributed by atoms with Crippen molar-refractivity contribution >= 4 is 72.3 Å². The van der Waals surface area contributed by atoms with Crippen molar-refractivity contribution in [2.75, 3.05) is 26.9 Å². The highest BCUT2D eigenvalue weighted by Gasteiger charge is 2.35. The number of halogens is 6. The summed E-state index contributed by atoms with van der Waals surface area (Å²) in [7, 11) is -3.48. The second-order valence-corrected chi connectivity index (χ2v) is 20.9. The molecule has 388 valence electrons. The van der Waals surface area contributed by atoms with Crippen LogP contribution in [0.3, 0.4) is 0 Å². The second-order valence-electron chi connectivity index (χ2n) is 19.2. The molecule has 8 rings (SSSR count). The van der Waals surface area contributed by atoms with Crippen molar-refractivity contribution in [3.8, 4) is 0 Å². The van der Waals surface area contributed by atoms with Gasteiger partial charge in [0, 0.05) is 74.7 Å². The summed E-state index contributed by atoms with van der Waals surface area (Å²) in [6, 6.07) is 24.8. The number of nitrogens with one attached hydrogen (secondary N) is 6. The Kier molecular flexibility index (Phi) is 16.5. The molecule has 2 fully saturated rings. The van der Waals surface area contributed by atoms with Crippen LogP contribution in [0, 0.1) is 19.8 Å². The molecule has 0 saturated heterocycles. The van der Waals surface area contributed by atoms with Crippen molar-refractivity contribution in [2.24, 2.45) is 5.92 Å². The Morgan fingerprint density at radius 1 is 0.589 bits per heavy atom. The Morgan fingerprint density at radius 2 is 1.01 bits per heavy atom. The third-order valence-corrected chi connectivity index (χ3v) is 13.2. The number of carbonyl (C=O) groups excluding carboxylic acids is 3. The molecule has 2 aliphatic carbocycles. The zero-order chi connectivity index (χ0) is 52.8. The molecule has 2 aliphatic rings. The van der Waals surface area contributed by atoms with Crippen LogP contribution in [-0.4, -0.2) is 66.5 Å². The molecule has 20 heteroatoms. The molecule has 2 saturated carbocycles. The first-order valence-corrected chi connectivity index (χ1v) is 25.9. The SMILES string of the molecule is Cc1ccc2nc(C(F)(F)F)cc(N[C@H]3CCC[C@@H](NC(=O)c4cccc(NC(=O)C(C)C)c4)C3)c2c1.Cc1ccc2nc(C(F)(F)F)cc(N[C@H]3CCC[C@@H](NC(=O)c4cccc(NS(C)(=O)=O)c4)C3)c2c1. The molecule has 4 atom stereocenters. The Hall–Kier alpha value is -6.96. The standard InChI is InChI=1S/C28H31F3N4O2.C25H27F3N4O3S/c1-16(2)26(36)33-19-7-4-6-18(13-19)27(37)34-21-9-5-8-20(14-21)32-24-15-25(28(29,30)31)35-23-11-10-17(3)12-22(23)24;1-15-9-10-21-20(11-15)22(14-23(31-21)25(26,27)28)29-17-6-4-7-18(13-17)30-24(33)16-5-3-8-19(12-16)32-36(2,34)35/h4,6-7,10-13,15-16,20-21H,5,8-9,14H2,1-3H3,(H,32,35)(H,33,36)(H,34,37);3,5,8-12,14,17-18,32H,4,6-7,13H2,1-2H3,(H,29,31)(H,30,33)/t20-,21+;17-,18+/m00/s1. The molecule has 4 aromatic carbocycles. The summed E-state index contributed by atoms with van der Waals surface area (Å²) in [6.07, 6.45) is -2.35. The predicted octanol–water partition coefficient (Wildman–Crippen LogP) is 11.4. The topological polar surface area (TPSA) is 183 Å². The van der Waals surface area contributed by atoms with Gasteiger partial charge in [-0.3, -0.25) is 19.1 Å². The van der Waals surface area contributed by atoms with Gasteiger partial charge in [-0.05, 0) is 138 Å². The fraction of sp³-hybridized carbons (Fsp3) is 0.377. The van der Waals surface area contributed by atoms with Crippen LogP contribution in [-0.2, 0) is 27.2 Å². The fourth-order valence-electron chi connectivity index (χ4n) is 9.05. The van der Waals surface area contributed by atoms with E-state index in [0.29, 0.717) is 51.8 Å². The van der Waals surface area contributed by atoms with E-state index >= 15 is 0 Å². The Bertz CT molecular complexity index is 3110. The monoisotopic (exact) mass is 1030 g/mol. The number of hydrogen-bond acceptors (Lipinski definition) is 9. The van der Waals surface area contributed by atoms with E-state index in [2.05, 4.69) is 41.3 Å². The Morgan fingerprint density at radius 3 is 1.44 bits per heavy atom. The van der Waals surface area contributed by atoms with Crippen molar-refractivity contribution in [1.29, 1.82) is 0 Å². The van der Waals surface area contributed by atoms with Gasteiger partial charge in [0.05, 0.1) is 17.3 Å². The van der Waals surface area contributed by atoms with Gasteiger partial charge in [-0.25, -0.2) is 18.4 Å². The largest absolute Gasteiger partial charge is 0.433 e. The van der Waals surface area contributed by atoms with E-state index in [-0.39, 0.29) is 64.5 Å². The maximum Gasteiger partial charge on any atom is 0.433 e. The highest BCUT2D eigenvalue weighted by molar-refractivity contribution is 7.92. The van der Waals surface area contributed by atoms with E-state index in [4.69, 9.17) is 0 Å². The van der Waals surface area contributed by atoms with Crippen molar-refractivity contribution in [1.82, 2.24) is 20.6 Å². The number of rotatable bonds is 12. The van der Waals surface area contributed by atoms with Gasteiger partial charge in [0.15, 0.2) is 0 Å². The van der Waals surface area contributed by atoms with Crippen LogP contribution in [0.2, 0.25) is 0 Å². The average molecular weight is 1030 g/mol. The maximum absolute atomic E-state index is 13.5. The number of carbonyl (C=O) groups is 3. The predicted molar refractivity (Wildman–Crippen MR) is 272 cm³/mol. The van der Waals surface area contributed by atoms with Gasteiger partial charge >= 0.3 is 12.4 Å². The van der Waals surface area contributed by atoms with E-state index in [9.17, 15) is 49.1 Å². The quantitative estimate of drug-likeness (QED) is 0.0650. The lowest BCUT2D eigenvalue weighted by molar-refractivity contribution is -0.141. The highest BCUT2D eigenvalue weighted by Crippen LogP contribution is 2.37. The molecule has 0 bridgehead atoms. The van der Waals surface area contributed by atoms with E-state index in [1.807, 2.05) is 26.0 Å². The number of fused-ring (bicyclic) bond motifs is 2. The van der Waals surface area contributed by atoms with Gasteiger partial charge in [0.2, 0.25) is 15.9 Å². The van der Waals surface area contributed by atoms with Crippen molar-refractivity contribution in [3.63, 3.8) is 0 Å². The fourth-order valence-corrected chi connectivity index (χ4v) is 9.61. The Balaban J connectivity index is 0.000000214. The molecule has 6 N–H and O–H groups in total. The molecule has 6 aromatic rings. The number of hydrogen-bond donors (Lipinski definition) is 6. The minimum absolute atomic E-state index is 0.108. The van der Waals surface area contributed by atoms with Gasteiger partial charge in [0.25, 0.3) is 11.8 Å². The molecular formula is C53H58F6N8O5S. The smallest absolute Gasteiger partial charge is 0.382 e. The van der Waals surface area contributed by atoms with E-state index in [0.717, 1.165) is 68.0 Å². The van der Waals surface area contributed by atoms with Gasteiger partial charge in [0.1, 0.15) is 11.4 Å². The molecule has 2 aromatic heterocycles. The minimum atomic E-state index is -4.57. The minimum Gasteiger partial charge on any atom is -0.382 e. The lowest BCUT2D eigenvalue weighted by Crippen LogP contribution is -2.41. The van der Waals surface area contributed by atoms with Crippen LogP contribution in [0.4, 0.5) is 49.1 Å². The number of pyridine rings is 2. The first-order valence-electron chi connectivity index (χ1n) is 24.0. The summed E-state index contributed by atoms with van der Waals surface area (Å²) in [6.45, 7) is 7.34. The first kappa shape index (κ1) is 53.8. The van der Waals surface area contributed by atoms with Gasteiger partial charge < -0.3 is 26.6 Å². The highest BCUT2D eigenvalue weighted by atomic mass is 32.2. The molecule has 2 heterocycles. The number of sulfonamides is 1. The van der Waals surface area contributed by atoms with Crippen molar-refractivity contribution in [2.45, 2.75) is 116 Å². The molecule has 13 nitrogen and oxygen atoms in total. The summed E-state index contributed by atoms with van der Waals surface area (Å²) in [5.74, 6) is -0.915. The molecule has 0 spiro atoms. The number of amides is 3. The van der Waals surface area contributed by atoms with Crippen LogP contribution in [0.15, 0.2) is 97.1 Å². The number of alkyl halides is 6. The summed E-state index contributed by atoms with van der Waals surface area (Å²) < 4.78 is 106. The summed E-state index contributed by atoms with van der Waals surface area (Å²) >= 11 is 0. The number of anilines is 4. The third kappa shape index (κ3) is 14.8. The summed E-state index contributed by atoms with van der Waals surface area (Å²) in [5, 5.41) is 16.7. The number of aromatic nitrogens is 2. The van der Waals surface area contributed by atoms with Crippen LogP contribution in [0.5, 0.6) is 0 Å². The van der Waals surface area contributed by atoms with Gasteiger partial charge in [-0.1, -0.05) is 49.2 Å². The van der Waals surface area contributed by atoms with E-state index in [1.165, 1.54) is 6.07 Å². The lowest BCUT2D eigenvalue weighted by atomic mass is 9.90. The zero-order valence-corrected chi connectivity index (χ0v) is 41.7. The maximum atomic E-state index is 13.5. The number of nitrogens with zero attached hydrogens (tertiary/aromatic N) is 2. The van der Waals surface area contributed by atoms with E-state index < -0.39 is 33.8 Å². The molecule has 0 unspecified atom stereocenters. The summed E-state index contributed by atoms with van der Waals surface area (Å²) in [4.78, 5) is 45.4. The molecule has 0 radical (unpaired) electrons. The first-order chi connectivity index (χ1) is 34.4. The molecule has 0 aliphatic heterocycles. The van der Waals surface area contributed by atoms with Crippen molar-refractivity contribution in [3.05, 3.63) is 131 Å². The molecule has 73 heavy (non-hydrogen) atoms. The van der Waals surface area contributed by atoms with Crippen molar-refractivity contribution < 1.29 is 49.1 Å². The second kappa shape index (κ2) is 22.4. The number of aryl methyl sites for hydroxylation is 2. The Labute approximate surface area is 419 Å². The van der Waals surface area contributed by atoms with Crippen LogP contribution in [0.1, 0.15) is 108 Å². The molecular weight excluding hydrogens is 975 g/mol. The summed E-state index contributed by atoms with van der Waals surface area (Å²) in [5.41, 5.74) is 2.84. The average Bonchev–Trinajstić information content (AvgIpc) is 3.31. The zero-order valence-electron chi connectivity index (χ0n) is 40.9. The third-order valence-electron chi connectivity index (χ3n) is 12.6. The van der Waals surface area contributed by atoms with Gasteiger partial charge in [-0.15, -0.1) is 0 Å². The van der Waals surface area contributed by atoms with Crippen LogP contribution >= 0.6 is 0 Å². The van der Waals surface area contributed by atoms with Crippen LogP contribution in [0.25, 0.3) is 21.8 Å². The van der Waals surface area contributed by atoms with E-state index in [1.54, 1.807) is 80.6 Å². The normalized spacial score (nSPS) is 18.3. The van der Waals surface area contributed by atoms with Gasteiger partial charge in [-0.2, -0.15) is 26.3 Å². The van der Waals surface area contributed by atoms with Crippen LogP contribution < -0.4 is 31.3 Å². The number of benzene rings is 4.